The lowest BCUT2D eigenvalue weighted by atomic mass is 10.1. The van der Waals surface area contributed by atoms with Gasteiger partial charge in [0.25, 0.3) is 5.56 Å². The Balaban J connectivity index is 1.51. The van der Waals surface area contributed by atoms with Crippen LogP contribution in [0.5, 0.6) is 0 Å². The molecule has 2 unspecified atom stereocenters. The van der Waals surface area contributed by atoms with Crippen molar-refractivity contribution in [3.8, 4) is 11.3 Å². The Bertz CT molecular complexity index is 1540. The van der Waals surface area contributed by atoms with Crippen LogP contribution in [-0.4, -0.2) is 70.8 Å². The summed E-state index contributed by atoms with van der Waals surface area (Å²) < 4.78 is 30.6. The third kappa shape index (κ3) is 3.75. The highest BCUT2D eigenvalue weighted by Gasteiger charge is 2.55. The number of H-pyrrole nitrogens is 1. The van der Waals surface area contributed by atoms with Gasteiger partial charge in [-0.15, -0.1) is 9.05 Å². The first-order chi connectivity index (χ1) is 16.9. The second-order valence-corrected chi connectivity index (χ2v) is 9.77. The van der Waals surface area contributed by atoms with Crippen LogP contribution >= 0.6 is 20.0 Å². The average molecular weight is 518 g/mol. The molecule has 2 aliphatic rings. The zero-order valence-corrected chi connectivity index (χ0v) is 19.4. The Morgan fingerprint density at radius 1 is 1.29 bits per heavy atom. The molecule has 0 bridgehead atoms. The Labute approximate surface area is 200 Å². The highest BCUT2D eigenvalue weighted by Crippen LogP contribution is 2.44. The van der Waals surface area contributed by atoms with Gasteiger partial charge in [-0.1, -0.05) is 42.1 Å². The van der Waals surface area contributed by atoms with Gasteiger partial charge >= 0.3 is 14.2 Å². The number of benzene rings is 1. The molecule has 2 fully saturated rings. The summed E-state index contributed by atoms with van der Waals surface area (Å²) in [5.41, 5.74) is 1.10. The fourth-order valence-corrected chi connectivity index (χ4v) is 5.72. The maximum absolute atomic E-state index is 13.3. The molecule has 2 saturated heterocycles. The van der Waals surface area contributed by atoms with E-state index in [0.29, 0.717) is 5.69 Å². The smallest absolute Gasteiger partial charge is 0.481 e. The van der Waals surface area contributed by atoms with Crippen LogP contribution in [0.25, 0.3) is 28.2 Å². The molecule has 3 aromatic heterocycles. The average Bonchev–Trinajstić information content (AvgIpc) is 3.53. The zero-order chi connectivity index (χ0) is 24.3. The summed E-state index contributed by atoms with van der Waals surface area (Å²) in [6.45, 7) is -0.0605. The lowest BCUT2D eigenvalue weighted by molar-refractivity contribution is -0.133. The van der Waals surface area contributed by atoms with Crippen molar-refractivity contribution >= 4 is 42.9 Å². The molecule has 5 heterocycles. The molecule has 0 saturated carbocycles. The first-order valence-electron chi connectivity index (χ1n) is 10.4. The molecule has 5 atom stereocenters. The Morgan fingerprint density at radius 2 is 2.09 bits per heavy atom. The number of hydrogen-bond acceptors (Lipinski definition) is 10. The Hall–Kier alpha value is -3.13. The van der Waals surface area contributed by atoms with Crippen LogP contribution in [0.15, 0.2) is 46.5 Å². The van der Waals surface area contributed by atoms with E-state index in [9.17, 15) is 24.4 Å². The number of carbonyl (C=O) groups is 1. The molecule has 4 aromatic rings. The van der Waals surface area contributed by atoms with Crippen molar-refractivity contribution in [1.82, 2.24) is 23.9 Å². The Kier molecular flexibility index (Phi) is 5.44. The molecule has 0 radical (unpaired) electrons. The monoisotopic (exact) mass is 518 g/mol. The number of fused-ring (bicyclic) bond motifs is 3. The van der Waals surface area contributed by atoms with E-state index >= 15 is 0 Å². The van der Waals surface area contributed by atoms with Crippen LogP contribution in [0, 0.1) is 0 Å². The summed E-state index contributed by atoms with van der Waals surface area (Å²) in [7, 11) is -2.40. The van der Waals surface area contributed by atoms with E-state index in [2.05, 4.69) is 15.0 Å². The van der Waals surface area contributed by atoms with Gasteiger partial charge in [-0.25, -0.2) is 9.38 Å². The number of hydrogen-bond donors (Lipinski definition) is 3. The topological polar surface area (TPSA) is 170 Å². The number of nitrogens with zero attached hydrogens (tertiary/aromatic N) is 4. The van der Waals surface area contributed by atoms with Crippen LogP contribution < -0.4 is 5.56 Å². The number of nitrogens with one attached hydrogen (secondary N) is 1. The van der Waals surface area contributed by atoms with Gasteiger partial charge in [-0.2, -0.15) is 4.98 Å². The second-order valence-electron chi connectivity index (χ2n) is 7.91. The van der Waals surface area contributed by atoms with Crippen molar-refractivity contribution in [3.05, 3.63) is 46.9 Å². The van der Waals surface area contributed by atoms with Gasteiger partial charge in [0.05, 0.1) is 11.4 Å². The van der Waals surface area contributed by atoms with E-state index in [1.54, 1.807) is 6.20 Å². The number of aliphatic carboxylic acids is 1. The number of aromatic amines is 1. The maximum Gasteiger partial charge on any atom is 0.697 e. The number of aromatic nitrogens is 5. The summed E-state index contributed by atoms with van der Waals surface area (Å²) >= 11 is 0.855. The van der Waals surface area contributed by atoms with Gasteiger partial charge in [0.1, 0.15) is 18.8 Å². The van der Waals surface area contributed by atoms with Crippen molar-refractivity contribution in [2.45, 2.75) is 29.7 Å². The van der Waals surface area contributed by atoms with E-state index < -0.39 is 44.3 Å². The molecule has 0 amide bonds. The summed E-state index contributed by atoms with van der Waals surface area (Å²) in [6, 6.07) is 9.38. The summed E-state index contributed by atoms with van der Waals surface area (Å²) in [5, 5.41) is 20.2. The molecule has 0 aliphatic carbocycles. The quantitative estimate of drug-likeness (QED) is 0.259. The van der Waals surface area contributed by atoms with Gasteiger partial charge < -0.3 is 19.9 Å². The number of carboxylic acid groups (broad SMARTS) is 1. The summed E-state index contributed by atoms with van der Waals surface area (Å²) in [4.78, 5) is 36.6. The number of aliphatic hydroxyl groups excluding tert-OH is 1. The highest BCUT2D eigenvalue weighted by molar-refractivity contribution is 7.99. The molecular formula is C20H17N5O8PS+. The SMILES string of the molecule is O=C(O)CSc1nc2c(=O)n3cc(-c4ccccc4)[nH]c3nc2n1[C@@H]1OC2CO[P+](=O)O[C@H]2[C@@H]1O. The van der Waals surface area contributed by atoms with Crippen molar-refractivity contribution in [3.63, 3.8) is 0 Å². The molecule has 3 N–H and O–H groups in total. The van der Waals surface area contributed by atoms with Gasteiger partial charge in [0.2, 0.25) is 5.78 Å². The summed E-state index contributed by atoms with van der Waals surface area (Å²) in [6.07, 6.45) is -2.48. The number of imidazole rings is 2. The van der Waals surface area contributed by atoms with E-state index in [4.69, 9.17) is 13.8 Å². The van der Waals surface area contributed by atoms with Crippen LogP contribution in [0.2, 0.25) is 0 Å². The molecule has 1 aromatic carbocycles. The van der Waals surface area contributed by atoms with Crippen molar-refractivity contribution in [1.29, 1.82) is 0 Å². The fraction of sp³-hybridized carbons (Fsp3) is 0.300. The van der Waals surface area contributed by atoms with Gasteiger partial charge in [-0.3, -0.25) is 14.2 Å². The lowest BCUT2D eigenvalue weighted by Gasteiger charge is -2.18. The highest BCUT2D eigenvalue weighted by atomic mass is 32.2. The number of ether oxygens (including phenoxy) is 1. The number of thioether (sulfide) groups is 1. The molecule has 35 heavy (non-hydrogen) atoms. The predicted molar refractivity (Wildman–Crippen MR) is 121 cm³/mol. The molecule has 6 rings (SSSR count). The zero-order valence-electron chi connectivity index (χ0n) is 17.7. The minimum Gasteiger partial charge on any atom is -0.481 e. The van der Waals surface area contributed by atoms with Crippen molar-refractivity contribution in [2.75, 3.05) is 12.4 Å². The third-order valence-corrected chi connectivity index (χ3v) is 7.46. The molecule has 180 valence electrons. The normalized spacial score (nSPS) is 25.3. The molecule has 15 heteroatoms. The van der Waals surface area contributed by atoms with Crippen LogP contribution in [0.3, 0.4) is 0 Å². The standard InChI is InChI=1S/C20H16N5O8PS/c26-12(27)8-35-20-22-13-16(25(20)18-14(28)15-11(32-18)7-31-34(30)33-15)23-19-21-10(6-24(19)17(13)29)9-4-2-1-3-5-9/h1-6,11,14-15,18,28H,7-8H2,(H-,21,23,26,27,29)/p+1/t11?,14-,15+,18+/m0/s1. The van der Waals surface area contributed by atoms with Crippen LogP contribution in [-0.2, 0) is 23.1 Å². The van der Waals surface area contributed by atoms with Crippen molar-refractivity contribution < 1.29 is 33.4 Å². The van der Waals surface area contributed by atoms with Gasteiger partial charge in [-0.05, 0) is 5.56 Å². The third-order valence-electron chi connectivity index (χ3n) is 5.74. The molecule has 0 spiro atoms. The van der Waals surface area contributed by atoms with E-state index in [0.717, 1.165) is 17.3 Å². The van der Waals surface area contributed by atoms with Gasteiger partial charge in [0, 0.05) is 10.8 Å². The first kappa shape index (κ1) is 22.3. The number of carboxylic acids is 1. The molecular weight excluding hydrogens is 501 g/mol. The maximum atomic E-state index is 13.3. The number of aliphatic hydroxyl groups is 1. The number of rotatable bonds is 5. The van der Waals surface area contributed by atoms with Gasteiger partial charge in [0.15, 0.2) is 28.7 Å². The minimum absolute atomic E-state index is 0.0251. The summed E-state index contributed by atoms with van der Waals surface area (Å²) in [5.74, 6) is -1.21. The molecule has 13 nitrogen and oxygen atoms in total. The first-order valence-corrected chi connectivity index (χ1v) is 12.5. The van der Waals surface area contributed by atoms with Crippen LogP contribution in [0.4, 0.5) is 0 Å². The van der Waals surface area contributed by atoms with E-state index in [1.165, 1.54) is 8.97 Å². The minimum atomic E-state index is -2.40. The van der Waals surface area contributed by atoms with E-state index in [-0.39, 0.29) is 34.5 Å². The molecule has 2 aliphatic heterocycles. The fourth-order valence-electron chi connectivity index (χ4n) is 4.19. The lowest BCUT2D eigenvalue weighted by Crippen LogP contribution is -2.37. The van der Waals surface area contributed by atoms with E-state index in [1.807, 2.05) is 30.3 Å². The predicted octanol–water partition coefficient (Wildman–Crippen LogP) is 1.55. The second kappa shape index (κ2) is 8.52. The largest absolute Gasteiger partial charge is 0.697 e. The van der Waals surface area contributed by atoms with Crippen molar-refractivity contribution in [2.24, 2.45) is 0 Å². The van der Waals surface area contributed by atoms with Crippen LogP contribution in [0.1, 0.15) is 6.23 Å². The Morgan fingerprint density at radius 3 is 2.86 bits per heavy atom.